The fraction of sp³-hybridized carbons (Fsp3) is 0.136. The highest BCUT2D eigenvalue weighted by atomic mass is 35.5. The number of carboxylic acid groups (broad SMARTS) is 1. The quantitative estimate of drug-likeness (QED) is 0.505. The fourth-order valence-corrected chi connectivity index (χ4v) is 3.02. The van der Waals surface area contributed by atoms with Crippen molar-refractivity contribution in [1.82, 2.24) is 0 Å². The minimum absolute atomic E-state index is 0.179. The van der Waals surface area contributed by atoms with Crippen molar-refractivity contribution in [1.29, 1.82) is 0 Å². The minimum Gasteiger partial charge on any atom is -0.489 e. The van der Waals surface area contributed by atoms with Gasteiger partial charge in [0.2, 0.25) is 0 Å². The molecule has 0 spiro atoms. The molecule has 144 valence electrons. The van der Waals surface area contributed by atoms with Gasteiger partial charge in [0.25, 0.3) is 0 Å². The normalized spacial score (nSPS) is 10.5. The Hall–Kier alpha value is -2.69. The Kier molecular flexibility index (Phi) is 6.80. The first-order valence-electron chi connectivity index (χ1n) is 8.60. The zero-order valence-corrected chi connectivity index (χ0v) is 16.4. The third kappa shape index (κ3) is 5.41. The third-order valence-corrected chi connectivity index (χ3v) is 4.80. The highest BCUT2D eigenvalue weighted by molar-refractivity contribution is 6.31. The van der Waals surface area contributed by atoms with Crippen LogP contribution in [0.1, 0.15) is 16.7 Å². The molecule has 0 radical (unpaired) electrons. The predicted molar refractivity (Wildman–Crippen MR) is 109 cm³/mol. The number of hydrogen-bond acceptors (Lipinski definition) is 3. The molecule has 0 unspecified atom stereocenters. The van der Waals surface area contributed by atoms with Crippen LogP contribution in [0, 0.1) is 0 Å². The Morgan fingerprint density at radius 3 is 1.93 bits per heavy atom. The molecule has 6 heteroatoms. The molecule has 0 aromatic heterocycles. The van der Waals surface area contributed by atoms with Gasteiger partial charge in [0.15, 0.2) is 0 Å². The van der Waals surface area contributed by atoms with Gasteiger partial charge in [-0.25, -0.2) is 0 Å². The fourth-order valence-electron chi connectivity index (χ4n) is 2.63. The zero-order chi connectivity index (χ0) is 19.9. The van der Waals surface area contributed by atoms with Gasteiger partial charge in [-0.1, -0.05) is 59.6 Å². The summed E-state index contributed by atoms with van der Waals surface area (Å²) in [5.41, 5.74) is 2.20. The lowest BCUT2D eigenvalue weighted by Gasteiger charge is -2.14. The second kappa shape index (κ2) is 9.49. The van der Waals surface area contributed by atoms with Gasteiger partial charge < -0.3 is 14.6 Å². The molecule has 28 heavy (non-hydrogen) atoms. The van der Waals surface area contributed by atoms with Crippen LogP contribution in [0.25, 0.3) is 0 Å². The van der Waals surface area contributed by atoms with Crippen molar-refractivity contribution in [2.45, 2.75) is 19.6 Å². The van der Waals surface area contributed by atoms with Gasteiger partial charge in [-0.15, -0.1) is 0 Å². The second-order valence-electron chi connectivity index (χ2n) is 6.10. The highest BCUT2D eigenvalue weighted by Crippen LogP contribution is 2.28. The molecule has 3 aromatic carbocycles. The van der Waals surface area contributed by atoms with Gasteiger partial charge in [-0.05, 0) is 30.3 Å². The van der Waals surface area contributed by atoms with Crippen molar-refractivity contribution < 1.29 is 19.4 Å². The summed E-state index contributed by atoms with van der Waals surface area (Å²) < 4.78 is 11.6. The first kappa shape index (κ1) is 20.1. The first-order valence-corrected chi connectivity index (χ1v) is 9.35. The second-order valence-corrected chi connectivity index (χ2v) is 6.91. The molecule has 0 fully saturated rings. The number of carbonyl (C=O) groups is 1. The molecule has 0 saturated carbocycles. The molecule has 3 rings (SSSR count). The minimum atomic E-state index is -0.953. The van der Waals surface area contributed by atoms with E-state index in [4.69, 9.17) is 32.7 Å². The first-order chi connectivity index (χ1) is 13.5. The summed E-state index contributed by atoms with van der Waals surface area (Å²) in [7, 11) is 0. The van der Waals surface area contributed by atoms with E-state index in [1.54, 1.807) is 30.3 Å². The largest absolute Gasteiger partial charge is 0.489 e. The van der Waals surface area contributed by atoms with Crippen LogP contribution in [0.15, 0.2) is 66.7 Å². The van der Waals surface area contributed by atoms with Crippen LogP contribution in [-0.2, 0) is 24.4 Å². The molecule has 0 aliphatic carbocycles. The molecule has 0 amide bonds. The van der Waals surface area contributed by atoms with E-state index >= 15 is 0 Å². The molecule has 0 aliphatic heterocycles. The molecular formula is C22H18Cl2O4. The molecule has 1 N–H and O–H groups in total. The average Bonchev–Trinajstić information content (AvgIpc) is 2.67. The van der Waals surface area contributed by atoms with Crippen LogP contribution in [-0.4, -0.2) is 11.1 Å². The summed E-state index contributed by atoms with van der Waals surface area (Å²) >= 11 is 12.3. The molecule has 0 atom stereocenters. The number of rotatable bonds is 8. The molecule has 0 bridgehead atoms. The van der Waals surface area contributed by atoms with Crippen LogP contribution in [0.3, 0.4) is 0 Å². The number of ether oxygens (including phenoxy) is 2. The van der Waals surface area contributed by atoms with Crippen molar-refractivity contribution in [2.75, 3.05) is 0 Å². The van der Waals surface area contributed by atoms with E-state index in [2.05, 4.69) is 0 Å². The maximum Gasteiger partial charge on any atom is 0.307 e. The van der Waals surface area contributed by atoms with Gasteiger partial charge >= 0.3 is 5.97 Å². The Morgan fingerprint density at radius 1 is 0.786 bits per heavy atom. The number of halogens is 2. The van der Waals surface area contributed by atoms with E-state index in [0.717, 1.165) is 11.1 Å². The van der Waals surface area contributed by atoms with Crippen molar-refractivity contribution >= 4 is 29.2 Å². The topological polar surface area (TPSA) is 55.8 Å². The van der Waals surface area contributed by atoms with Crippen molar-refractivity contribution in [3.63, 3.8) is 0 Å². The summed E-state index contributed by atoms with van der Waals surface area (Å²) in [6.07, 6.45) is -0.179. The summed E-state index contributed by atoms with van der Waals surface area (Å²) in [5, 5.41) is 10.4. The monoisotopic (exact) mass is 416 g/mol. The summed E-state index contributed by atoms with van der Waals surface area (Å²) in [5.74, 6) is 0.0690. The number of hydrogen-bond donors (Lipinski definition) is 1. The molecule has 3 aromatic rings. The zero-order valence-electron chi connectivity index (χ0n) is 14.9. The average molecular weight is 417 g/mol. The number of carboxylic acids is 1. The molecule has 0 aliphatic rings. The highest BCUT2D eigenvalue weighted by Gasteiger charge is 2.12. The Balaban J connectivity index is 1.74. The standard InChI is InChI=1S/C22H18Cl2O4/c23-19-7-3-1-5-15(19)13-27-18-9-10-21(17(11-18)12-22(25)26)28-14-16-6-2-4-8-20(16)24/h1-11H,12-14H2,(H,25,26). The lowest BCUT2D eigenvalue weighted by molar-refractivity contribution is -0.136. The Labute approximate surface area is 173 Å². The molecule has 4 nitrogen and oxygen atoms in total. The van der Waals surface area contributed by atoms with Crippen LogP contribution in [0.5, 0.6) is 11.5 Å². The molecule has 0 saturated heterocycles. The molecular weight excluding hydrogens is 399 g/mol. The lowest BCUT2D eigenvalue weighted by Crippen LogP contribution is -2.05. The van der Waals surface area contributed by atoms with E-state index in [1.165, 1.54) is 0 Å². The Bertz CT molecular complexity index is 972. The van der Waals surface area contributed by atoms with E-state index in [0.29, 0.717) is 27.1 Å². The van der Waals surface area contributed by atoms with Gasteiger partial charge in [0, 0.05) is 26.7 Å². The van der Waals surface area contributed by atoms with E-state index in [9.17, 15) is 9.90 Å². The van der Waals surface area contributed by atoms with Crippen LogP contribution >= 0.6 is 23.2 Å². The molecule has 0 heterocycles. The maximum atomic E-state index is 11.2. The smallest absolute Gasteiger partial charge is 0.307 e. The lowest BCUT2D eigenvalue weighted by atomic mass is 10.1. The van der Waals surface area contributed by atoms with Crippen molar-refractivity contribution in [2.24, 2.45) is 0 Å². The van der Waals surface area contributed by atoms with Crippen LogP contribution in [0.2, 0.25) is 10.0 Å². The van der Waals surface area contributed by atoms with Gasteiger partial charge in [-0.3, -0.25) is 4.79 Å². The van der Waals surface area contributed by atoms with Crippen LogP contribution < -0.4 is 9.47 Å². The van der Waals surface area contributed by atoms with E-state index in [-0.39, 0.29) is 19.6 Å². The van der Waals surface area contributed by atoms with E-state index in [1.807, 2.05) is 36.4 Å². The number of benzene rings is 3. The maximum absolute atomic E-state index is 11.2. The Morgan fingerprint density at radius 2 is 1.36 bits per heavy atom. The summed E-state index contributed by atoms with van der Waals surface area (Å²) in [6, 6.07) is 19.9. The number of aliphatic carboxylic acids is 1. The third-order valence-electron chi connectivity index (χ3n) is 4.07. The van der Waals surface area contributed by atoms with Crippen molar-refractivity contribution in [3.05, 3.63) is 93.5 Å². The van der Waals surface area contributed by atoms with Gasteiger partial charge in [0.05, 0.1) is 6.42 Å². The summed E-state index contributed by atoms with van der Waals surface area (Å²) in [6.45, 7) is 0.526. The predicted octanol–water partition coefficient (Wildman–Crippen LogP) is 5.78. The van der Waals surface area contributed by atoms with Crippen LogP contribution in [0.4, 0.5) is 0 Å². The van der Waals surface area contributed by atoms with Gasteiger partial charge in [-0.2, -0.15) is 0 Å². The van der Waals surface area contributed by atoms with Gasteiger partial charge in [0.1, 0.15) is 24.7 Å². The van der Waals surface area contributed by atoms with Crippen molar-refractivity contribution in [3.8, 4) is 11.5 Å². The summed E-state index contributed by atoms with van der Waals surface area (Å²) in [4.78, 5) is 11.2. The SMILES string of the molecule is O=C(O)Cc1cc(OCc2ccccc2Cl)ccc1OCc1ccccc1Cl. The van der Waals surface area contributed by atoms with E-state index < -0.39 is 5.97 Å².